The molecule has 0 atom stereocenters. The highest BCUT2D eigenvalue weighted by Gasteiger charge is 2.30. The van der Waals surface area contributed by atoms with Crippen LogP contribution in [0.25, 0.3) is 0 Å². The molecule has 106 valence electrons. The first kappa shape index (κ1) is 15.3. The number of amides is 1. The molecule has 0 saturated carbocycles. The minimum Gasteiger partial charge on any atom is -0.493 e. The number of carbonyl (C=O) groups is 1. The van der Waals surface area contributed by atoms with Gasteiger partial charge in [-0.25, -0.2) is 13.2 Å². The summed E-state index contributed by atoms with van der Waals surface area (Å²) in [6.45, 7) is 3.72. The van der Waals surface area contributed by atoms with E-state index < -0.39 is 40.5 Å². The number of benzene rings is 1. The normalized spacial score (nSPS) is 10.7. The van der Waals surface area contributed by atoms with Gasteiger partial charge in [0.15, 0.2) is 17.4 Å². The SMILES string of the molecule is COc1c(F)c(F)c(F)c(F)c1C(=O)NCC(C)C. The zero-order valence-corrected chi connectivity index (χ0v) is 10.6. The maximum atomic E-state index is 13.5. The van der Waals surface area contributed by atoms with Crippen LogP contribution in [0.1, 0.15) is 24.2 Å². The van der Waals surface area contributed by atoms with Gasteiger partial charge in [0.1, 0.15) is 5.56 Å². The van der Waals surface area contributed by atoms with Crippen molar-refractivity contribution in [3.63, 3.8) is 0 Å². The summed E-state index contributed by atoms with van der Waals surface area (Å²) in [5.41, 5.74) is -0.987. The molecule has 3 nitrogen and oxygen atoms in total. The molecular weight excluding hydrogens is 266 g/mol. The molecule has 0 aromatic heterocycles. The highest BCUT2D eigenvalue weighted by Crippen LogP contribution is 2.30. The van der Waals surface area contributed by atoms with Crippen LogP contribution in [0.2, 0.25) is 0 Å². The van der Waals surface area contributed by atoms with Crippen LogP contribution >= 0.6 is 0 Å². The third kappa shape index (κ3) is 2.97. The molecule has 0 heterocycles. The summed E-state index contributed by atoms with van der Waals surface area (Å²) in [5.74, 6) is -9.57. The Labute approximate surface area is 107 Å². The second-order valence-corrected chi connectivity index (χ2v) is 4.27. The summed E-state index contributed by atoms with van der Waals surface area (Å²) in [4.78, 5) is 11.7. The van der Waals surface area contributed by atoms with Gasteiger partial charge in [0, 0.05) is 6.54 Å². The number of hydrogen-bond acceptors (Lipinski definition) is 2. The van der Waals surface area contributed by atoms with Crippen molar-refractivity contribution in [2.45, 2.75) is 13.8 Å². The summed E-state index contributed by atoms with van der Waals surface area (Å²) in [5, 5.41) is 2.27. The predicted octanol–water partition coefficient (Wildman–Crippen LogP) is 2.64. The van der Waals surface area contributed by atoms with Crippen molar-refractivity contribution in [3.8, 4) is 5.75 Å². The van der Waals surface area contributed by atoms with E-state index in [0.29, 0.717) is 0 Å². The third-order valence-electron chi connectivity index (χ3n) is 2.33. The molecule has 0 unspecified atom stereocenters. The predicted molar refractivity (Wildman–Crippen MR) is 60.0 cm³/mol. The second kappa shape index (κ2) is 5.90. The van der Waals surface area contributed by atoms with Gasteiger partial charge >= 0.3 is 0 Å². The van der Waals surface area contributed by atoms with E-state index in [4.69, 9.17) is 0 Å². The second-order valence-electron chi connectivity index (χ2n) is 4.27. The minimum atomic E-state index is -2.05. The topological polar surface area (TPSA) is 38.3 Å². The quantitative estimate of drug-likeness (QED) is 0.523. The molecule has 1 N–H and O–H groups in total. The van der Waals surface area contributed by atoms with Crippen molar-refractivity contribution in [3.05, 3.63) is 28.8 Å². The van der Waals surface area contributed by atoms with Crippen molar-refractivity contribution in [2.24, 2.45) is 5.92 Å². The van der Waals surface area contributed by atoms with Crippen LogP contribution in [0.15, 0.2) is 0 Å². The van der Waals surface area contributed by atoms with Gasteiger partial charge in [-0.1, -0.05) is 13.8 Å². The lowest BCUT2D eigenvalue weighted by molar-refractivity contribution is 0.0938. The number of hydrogen-bond donors (Lipinski definition) is 1. The maximum Gasteiger partial charge on any atom is 0.258 e. The first-order chi connectivity index (χ1) is 8.81. The fourth-order valence-electron chi connectivity index (χ4n) is 1.39. The molecule has 0 aliphatic carbocycles. The van der Waals surface area contributed by atoms with Crippen molar-refractivity contribution in [2.75, 3.05) is 13.7 Å². The van der Waals surface area contributed by atoms with Crippen LogP contribution in [0.5, 0.6) is 5.75 Å². The fourth-order valence-corrected chi connectivity index (χ4v) is 1.39. The van der Waals surface area contributed by atoms with Crippen molar-refractivity contribution in [1.82, 2.24) is 5.32 Å². The molecule has 0 aliphatic rings. The molecule has 1 amide bonds. The summed E-state index contributed by atoms with van der Waals surface area (Å²) < 4.78 is 57.5. The van der Waals surface area contributed by atoms with Crippen molar-refractivity contribution < 1.29 is 27.1 Å². The van der Waals surface area contributed by atoms with Crippen LogP contribution < -0.4 is 10.1 Å². The Bertz CT molecular complexity index is 503. The van der Waals surface area contributed by atoms with Gasteiger partial charge in [-0.15, -0.1) is 0 Å². The summed E-state index contributed by atoms with van der Waals surface area (Å²) in [7, 11) is 0.925. The van der Waals surface area contributed by atoms with Gasteiger partial charge in [-0.3, -0.25) is 4.79 Å². The van der Waals surface area contributed by atoms with E-state index >= 15 is 0 Å². The molecule has 0 saturated heterocycles. The van der Waals surface area contributed by atoms with E-state index in [1.54, 1.807) is 13.8 Å². The Morgan fingerprint density at radius 1 is 1.11 bits per heavy atom. The van der Waals surface area contributed by atoms with Crippen LogP contribution in [0, 0.1) is 29.2 Å². The zero-order valence-electron chi connectivity index (χ0n) is 10.6. The molecule has 1 rings (SSSR count). The molecule has 0 spiro atoms. The number of nitrogens with one attached hydrogen (secondary N) is 1. The average molecular weight is 279 g/mol. The van der Waals surface area contributed by atoms with Gasteiger partial charge in [0.05, 0.1) is 7.11 Å². The Balaban J connectivity index is 3.30. The standard InChI is InChI=1S/C12H13F4NO2/c1-5(2)4-17-12(18)6-7(13)8(14)9(15)10(16)11(6)19-3/h5H,4H2,1-3H3,(H,17,18). The van der Waals surface area contributed by atoms with Gasteiger partial charge in [0.2, 0.25) is 11.6 Å². The monoisotopic (exact) mass is 279 g/mol. The largest absolute Gasteiger partial charge is 0.493 e. The van der Waals surface area contributed by atoms with Gasteiger partial charge < -0.3 is 10.1 Å². The minimum absolute atomic E-state index is 0.0492. The molecule has 19 heavy (non-hydrogen) atoms. The molecule has 0 fully saturated rings. The summed E-state index contributed by atoms with van der Waals surface area (Å²) >= 11 is 0. The highest BCUT2D eigenvalue weighted by molar-refractivity contribution is 5.97. The highest BCUT2D eigenvalue weighted by atomic mass is 19.2. The first-order valence-electron chi connectivity index (χ1n) is 5.49. The van der Waals surface area contributed by atoms with E-state index in [2.05, 4.69) is 10.1 Å². The number of carbonyl (C=O) groups excluding carboxylic acids is 1. The first-order valence-corrected chi connectivity index (χ1v) is 5.49. The van der Waals surface area contributed by atoms with Gasteiger partial charge in [0.25, 0.3) is 5.91 Å². The molecule has 0 aliphatic heterocycles. The van der Waals surface area contributed by atoms with Crippen molar-refractivity contribution >= 4 is 5.91 Å². The van der Waals surface area contributed by atoms with Crippen molar-refractivity contribution in [1.29, 1.82) is 0 Å². The number of methoxy groups -OCH3 is 1. The molecule has 0 bridgehead atoms. The maximum absolute atomic E-state index is 13.5. The number of rotatable bonds is 4. The van der Waals surface area contributed by atoms with Crippen LogP contribution in [0.3, 0.4) is 0 Å². The van der Waals surface area contributed by atoms with E-state index in [0.717, 1.165) is 7.11 Å². The summed E-state index contributed by atoms with van der Waals surface area (Å²) in [6, 6.07) is 0. The molecule has 7 heteroatoms. The van der Waals surface area contributed by atoms with E-state index in [1.807, 2.05) is 0 Å². The lowest BCUT2D eigenvalue weighted by atomic mass is 10.1. The molecule has 0 radical (unpaired) electrons. The molecule has 1 aromatic carbocycles. The smallest absolute Gasteiger partial charge is 0.258 e. The Hall–Kier alpha value is -1.79. The van der Waals surface area contributed by atoms with Gasteiger partial charge in [-0.05, 0) is 5.92 Å². The van der Waals surface area contributed by atoms with E-state index in [9.17, 15) is 22.4 Å². The lowest BCUT2D eigenvalue weighted by Gasteiger charge is -2.13. The van der Waals surface area contributed by atoms with Gasteiger partial charge in [-0.2, -0.15) is 4.39 Å². The number of ether oxygens (including phenoxy) is 1. The van der Waals surface area contributed by atoms with E-state index in [1.165, 1.54) is 0 Å². The third-order valence-corrected chi connectivity index (χ3v) is 2.33. The Morgan fingerprint density at radius 2 is 1.63 bits per heavy atom. The van der Waals surface area contributed by atoms with Crippen LogP contribution in [0.4, 0.5) is 17.6 Å². The zero-order chi connectivity index (χ0) is 14.7. The van der Waals surface area contributed by atoms with E-state index in [-0.39, 0.29) is 12.5 Å². The lowest BCUT2D eigenvalue weighted by Crippen LogP contribution is -2.29. The molecular formula is C12H13F4NO2. The average Bonchev–Trinajstić information content (AvgIpc) is 2.37. The van der Waals surface area contributed by atoms with Crippen LogP contribution in [-0.4, -0.2) is 19.6 Å². The molecule has 1 aromatic rings. The fraction of sp³-hybridized carbons (Fsp3) is 0.417. The number of halogens is 4. The Kier molecular flexibility index (Phi) is 4.74. The van der Waals surface area contributed by atoms with Crippen LogP contribution in [-0.2, 0) is 0 Å². The summed E-state index contributed by atoms with van der Waals surface area (Å²) in [6.07, 6.45) is 0. The Morgan fingerprint density at radius 3 is 2.11 bits per heavy atom.